The van der Waals surface area contributed by atoms with Gasteiger partial charge in [0.25, 0.3) is 5.69 Å². The third kappa shape index (κ3) is 2.31. The molecule has 0 radical (unpaired) electrons. The van der Waals surface area contributed by atoms with Crippen LogP contribution in [0.15, 0.2) is 36.4 Å². The molecule has 2 aromatic rings. The number of ether oxygens (including phenoxy) is 1. The van der Waals surface area contributed by atoms with Crippen molar-refractivity contribution in [2.24, 2.45) is 0 Å². The van der Waals surface area contributed by atoms with E-state index < -0.39 is 16.1 Å². The molecule has 0 saturated heterocycles. The Balaban J connectivity index is 1.93. The van der Waals surface area contributed by atoms with Gasteiger partial charge in [-0.3, -0.25) is 10.1 Å². The maximum atomic E-state index is 11.2. The lowest BCUT2D eigenvalue weighted by atomic mass is 9.76. The number of likely N-dealkylation sites (N-methyl/N-ethyl adjacent to an activating group) is 1. The molecular weight excluding hydrogens is 387 g/mol. The van der Waals surface area contributed by atoms with Crippen molar-refractivity contribution in [1.29, 1.82) is 0 Å². The molecule has 2 aromatic carbocycles. The fraction of sp³-hybridized carbons (Fsp3) is 0.300. The zero-order chi connectivity index (χ0) is 19.7. The number of anilines is 1. The van der Waals surface area contributed by atoms with Crippen LogP contribution in [-0.2, 0) is 5.41 Å². The van der Waals surface area contributed by atoms with Gasteiger partial charge >= 0.3 is 0 Å². The monoisotopic (exact) mass is 404 g/mol. The molecule has 1 spiro atoms. The summed E-state index contributed by atoms with van der Waals surface area (Å²) in [6.07, 6.45) is 1.84. The van der Waals surface area contributed by atoms with E-state index in [1.165, 1.54) is 12.1 Å². The molecule has 4 rings (SSSR count). The summed E-state index contributed by atoms with van der Waals surface area (Å²) in [6, 6.07) is 9.13. The maximum Gasteiger partial charge on any atom is 0.288 e. The highest BCUT2D eigenvalue weighted by atomic mass is 35.5. The summed E-state index contributed by atoms with van der Waals surface area (Å²) in [5, 5.41) is 11.6. The first-order valence-corrected chi connectivity index (χ1v) is 9.25. The van der Waals surface area contributed by atoms with Crippen LogP contribution >= 0.6 is 23.2 Å². The molecule has 0 saturated carbocycles. The van der Waals surface area contributed by atoms with E-state index in [4.69, 9.17) is 27.9 Å². The number of nitro benzene ring substituents is 1. The highest BCUT2D eigenvalue weighted by Crippen LogP contribution is 2.56. The first kappa shape index (κ1) is 18.1. The molecule has 2 heterocycles. The molecule has 0 fully saturated rings. The highest BCUT2D eigenvalue weighted by Gasteiger charge is 2.58. The SMILES string of the molecule is Cc1ccc2c(c1)C(C)(C)C1(C=C(Cl)c3cc([N+](=O)[O-])c(Cl)cc3O1)N2C. The van der Waals surface area contributed by atoms with Crippen LogP contribution < -0.4 is 9.64 Å². The Labute approximate surface area is 167 Å². The van der Waals surface area contributed by atoms with Gasteiger partial charge in [-0.25, -0.2) is 0 Å². The van der Waals surface area contributed by atoms with Crippen LogP contribution in [0.3, 0.4) is 0 Å². The van der Waals surface area contributed by atoms with Crippen LogP contribution in [0, 0.1) is 17.0 Å². The van der Waals surface area contributed by atoms with E-state index in [9.17, 15) is 10.1 Å². The third-order valence-electron chi connectivity index (χ3n) is 5.67. The average Bonchev–Trinajstić information content (AvgIpc) is 2.73. The number of hydrogen-bond acceptors (Lipinski definition) is 4. The summed E-state index contributed by atoms with van der Waals surface area (Å²) >= 11 is 12.7. The fourth-order valence-electron chi connectivity index (χ4n) is 4.11. The zero-order valence-electron chi connectivity index (χ0n) is 15.3. The molecule has 0 amide bonds. The van der Waals surface area contributed by atoms with Crippen molar-refractivity contribution < 1.29 is 9.66 Å². The largest absolute Gasteiger partial charge is 0.463 e. The van der Waals surface area contributed by atoms with Crippen molar-refractivity contribution in [3.63, 3.8) is 0 Å². The minimum atomic E-state index is -0.868. The normalized spacial score (nSPS) is 22.1. The summed E-state index contributed by atoms with van der Waals surface area (Å²) in [5.74, 6) is 0.433. The van der Waals surface area contributed by atoms with Crippen LogP contribution in [0.4, 0.5) is 11.4 Å². The van der Waals surface area contributed by atoms with Gasteiger partial charge < -0.3 is 9.64 Å². The molecule has 2 aliphatic rings. The molecule has 5 nitrogen and oxygen atoms in total. The Kier molecular flexibility index (Phi) is 3.78. The molecule has 0 aliphatic carbocycles. The standard InChI is InChI=1S/C20H18Cl2N2O3/c1-11-5-6-16-13(7-11)19(2,3)20(23(16)4)10-15(22)12-8-17(24(25)26)14(21)9-18(12)27-20/h5-10H,1-4H3. The van der Waals surface area contributed by atoms with Gasteiger partial charge in [0.1, 0.15) is 10.8 Å². The Hall–Kier alpha value is -2.24. The van der Waals surface area contributed by atoms with Crippen molar-refractivity contribution >= 4 is 39.6 Å². The van der Waals surface area contributed by atoms with Crippen molar-refractivity contribution in [3.8, 4) is 5.75 Å². The third-order valence-corrected chi connectivity index (χ3v) is 6.29. The number of aryl methyl sites for hydroxylation is 1. The molecule has 1 unspecified atom stereocenters. The van der Waals surface area contributed by atoms with Crippen molar-refractivity contribution in [1.82, 2.24) is 0 Å². The number of fused-ring (bicyclic) bond motifs is 2. The number of hydrogen-bond donors (Lipinski definition) is 0. The Morgan fingerprint density at radius 3 is 2.56 bits per heavy atom. The van der Waals surface area contributed by atoms with Crippen LogP contribution in [0.5, 0.6) is 5.75 Å². The Morgan fingerprint density at radius 1 is 1.19 bits per heavy atom. The van der Waals surface area contributed by atoms with Crippen LogP contribution in [0.2, 0.25) is 5.02 Å². The summed E-state index contributed by atoms with van der Waals surface area (Å²) < 4.78 is 6.47. The summed E-state index contributed by atoms with van der Waals surface area (Å²) in [7, 11) is 1.96. The van der Waals surface area contributed by atoms with Crippen molar-refractivity contribution in [2.45, 2.75) is 31.9 Å². The lowest BCUT2D eigenvalue weighted by molar-refractivity contribution is -0.384. The molecule has 0 N–H and O–H groups in total. The van der Waals surface area contributed by atoms with Crippen molar-refractivity contribution in [3.05, 3.63) is 68.2 Å². The number of rotatable bonds is 1. The quantitative estimate of drug-likeness (QED) is 0.454. The molecule has 2 aliphatic heterocycles. The lowest BCUT2D eigenvalue weighted by Gasteiger charge is -2.46. The predicted molar refractivity (Wildman–Crippen MR) is 108 cm³/mol. The predicted octanol–water partition coefficient (Wildman–Crippen LogP) is 5.65. The zero-order valence-corrected chi connectivity index (χ0v) is 16.9. The van der Waals surface area contributed by atoms with Gasteiger partial charge in [-0.15, -0.1) is 0 Å². The highest BCUT2D eigenvalue weighted by molar-refractivity contribution is 6.49. The summed E-state index contributed by atoms with van der Waals surface area (Å²) in [6.45, 7) is 6.26. The van der Waals surface area contributed by atoms with Gasteiger partial charge in [-0.1, -0.05) is 40.9 Å². The van der Waals surface area contributed by atoms with Crippen LogP contribution in [0.1, 0.15) is 30.5 Å². The van der Waals surface area contributed by atoms with Gasteiger partial charge in [0.15, 0.2) is 0 Å². The molecular formula is C20H18Cl2N2O3. The second-order valence-electron chi connectivity index (χ2n) is 7.55. The molecule has 0 bridgehead atoms. The van der Waals surface area contributed by atoms with Crippen LogP contribution in [0.25, 0.3) is 5.03 Å². The molecule has 27 heavy (non-hydrogen) atoms. The van der Waals surface area contributed by atoms with E-state index in [-0.39, 0.29) is 10.7 Å². The van der Waals surface area contributed by atoms with E-state index in [0.29, 0.717) is 16.3 Å². The maximum absolute atomic E-state index is 11.2. The topological polar surface area (TPSA) is 55.6 Å². The van der Waals surface area contributed by atoms with Gasteiger partial charge in [-0.05, 0) is 32.4 Å². The van der Waals surface area contributed by atoms with E-state index >= 15 is 0 Å². The van der Waals surface area contributed by atoms with Gasteiger partial charge in [-0.2, -0.15) is 0 Å². The average molecular weight is 405 g/mol. The van der Waals surface area contributed by atoms with Gasteiger partial charge in [0, 0.05) is 36.5 Å². The van der Waals surface area contributed by atoms with Crippen molar-refractivity contribution in [2.75, 3.05) is 11.9 Å². The fourth-order valence-corrected chi connectivity index (χ4v) is 4.63. The molecule has 0 aromatic heterocycles. The number of nitro groups is 1. The molecule has 1 atom stereocenters. The minimum Gasteiger partial charge on any atom is -0.463 e. The van der Waals surface area contributed by atoms with Gasteiger partial charge in [0.05, 0.1) is 15.4 Å². The van der Waals surface area contributed by atoms with E-state index in [2.05, 4.69) is 43.9 Å². The Bertz CT molecular complexity index is 1030. The van der Waals surface area contributed by atoms with Gasteiger partial charge in [0.2, 0.25) is 5.72 Å². The van der Waals surface area contributed by atoms with E-state index in [1.54, 1.807) is 0 Å². The van der Waals surface area contributed by atoms with Crippen LogP contribution in [-0.4, -0.2) is 17.7 Å². The number of halogens is 2. The second-order valence-corrected chi connectivity index (χ2v) is 8.37. The molecule has 140 valence electrons. The lowest BCUT2D eigenvalue weighted by Crippen LogP contribution is -2.58. The van der Waals surface area contributed by atoms with E-state index in [0.717, 1.165) is 16.8 Å². The summed E-state index contributed by atoms with van der Waals surface area (Å²) in [4.78, 5) is 12.7. The number of nitrogens with zero attached hydrogens (tertiary/aromatic N) is 2. The van der Waals surface area contributed by atoms with E-state index in [1.807, 2.05) is 13.1 Å². The number of benzene rings is 2. The first-order valence-electron chi connectivity index (χ1n) is 8.49. The minimum absolute atomic E-state index is 0.0204. The first-order chi connectivity index (χ1) is 12.6. The summed E-state index contributed by atoms with van der Waals surface area (Å²) in [5.41, 5.74) is 2.36. The smallest absolute Gasteiger partial charge is 0.288 e. The Morgan fingerprint density at radius 2 is 1.89 bits per heavy atom. The second kappa shape index (κ2) is 5.63. The molecule has 7 heteroatoms.